The van der Waals surface area contributed by atoms with Gasteiger partial charge in [-0.05, 0) is 74.0 Å². The molecule has 36 heavy (non-hydrogen) atoms. The highest BCUT2D eigenvalue weighted by molar-refractivity contribution is 7.99. The molecule has 0 spiro atoms. The first-order valence-electron chi connectivity index (χ1n) is 15.3. The zero-order valence-electron chi connectivity index (χ0n) is 22.6. The minimum absolute atomic E-state index is 0.711. The molecule has 2 aromatic carbocycles. The Balaban J connectivity index is 1.37. The van der Waals surface area contributed by atoms with Crippen LogP contribution in [0.5, 0.6) is 11.5 Å². The second-order valence-corrected chi connectivity index (χ2v) is 13.0. The average Bonchev–Trinajstić information content (AvgIpc) is 2.95. The lowest BCUT2D eigenvalue weighted by Crippen LogP contribution is -2.20. The Labute approximate surface area is 224 Å². The molecular weight excluding hydrogens is 460 g/mol. The molecule has 0 aromatic heterocycles. The van der Waals surface area contributed by atoms with Gasteiger partial charge in [-0.1, -0.05) is 83.3 Å². The highest BCUT2D eigenvalue weighted by atomic mass is 32.2. The molecule has 3 fully saturated rings. The van der Waals surface area contributed by atoms with E-state index in [4.69, 9.17) is 9.47 Å². The summed E-state index contributed by atoms with van der Waals surface area (Å²) < 4.78 is 13.1. The van der Waals surface area contributed by atoms with Crippen molar-refractivity contribution in [2.45, 2.75) is 108 Å². The fourth-order valence-corrected chi connectivity index (χ4v) is 8.39. The Morgan fingerprint density at radius 1 is 0.667 bits per heavy atom. The molecule has 2 atom stereocenters. The molecule has 2 aromatic rings. The second-order valence-electron chi connectivity index (χ2n) is 11.9. The first kappa shape index (κ1) is 26.3. The van der Waals surface area contributed by atoms with E-state index < -0.39 is 0 Å². The van der Waals surface area contributed by atoms with Crippen molar-refractivity contribution in [3.8, 4) is 11.5 Å². The number of rotatable bonds is 10. The van der Waals surface area contributed by atoms with E-state index in [0.29, 0.717) is 11.8 Å². The van der Waals surface area contributed by atoms with Crippen LogP contribution in [0.2, 0.25) is 0 Å². The van der Waals surface area contributed by atoms with E-state index in [0.717, 1.165) is 36.5 Å². The van der Waals surface area contributed by atoms with Crippen LogP contribution in [-0.4, -0.2) is 19.0 Å². The van der Waals surface area contributed by atoms with Crippen LogP contribution in [0.15, 0.2) is 35.2 Å². The van der Waals surface area contributed by atoms with Crippen molar-refractivity contribution in [3.63, 3.8) is 0 Å². The number of fused-ring (bicyclic) bond motifs is 1. The van der Waals surface area contributed by atoms with Gasteiger partial charge in [0, 0.05) is 21.4 Å². The molecule has 2 unspecified atom stereocenters. The van der Waals surface area contributed by atoms with Gasteiger partial charge in [0.2, 0.25) is 0 Å². The molecule has 3 aliphatic carbocycles. The zero-order valence-corrected chi connectivity index (χ0v) is 23.5. The van der Waals surface area contributed by atoms with Gasteiger partial charge in [-0.25, -0.2) is 0 Å². The molecule has 0 N–H and O–H groups in total. The van der Waals surface area contributed by atoms with Crippen molar-refractivity contribution in [2.75, 3.05) is 19.0 Å². The Kier molecular flexibility index (Phi) is 9.81. The standard InChI is InChI=1S/C33H48O2S/c1-2-27-16-9-10-17-28(27)24-36-32-21-20-30(34-22-25-12-5-3-6-13-25)29-18-11-19-31(33(29)32)35-23-26-14-7-4-8-15-26/h11,18-21,25-28H,2-10,12-17,22-24H2,1H3. The van der Waals surface area contributed by atoms with Gasteiger partial charge in [0.25, 0.3) is 0 Å². The van der Waals surface area contributed by atoms with Gasteiger partial charge in [0.15, 0.2) is 0 Å². The molecule has 0 amide bonds. The summed E-state index contributed by atoms with van der Waals surface area (Å²) >= 11 is 2.07. The number of thioether (sulfide) groups is 1. The first-order valence-corrected chi connectivity index (χ1v) is 16.2. The van der Waals surface area contributed by atoms with Crippen molar-refractivity contribution in [2.24, 2.45) is 23.7 Å². The summed E-state index contributed by atoms with van der Waals surface area (Å²) in [7, 11) is 0. The monoisotopic (exact) mass is 508 g/mol. The quantitative estimate of drug-likeness (QED) is 0.297. The van der Waals surface area contributed by atoms with Gasteiger partial charge in [-0.2, -0.15) is 0 Å². The maximum absolute atomic E-state index is 6.61. The molecule has 0 heterocycles. The lowest BCUT2D eigenvalue weighted by molar-refractivity contribution is 0.209. The van der Waals surface area contributed by atoms with Gasteiger partial charge >= 0.3 is 0 Å². The summed E-state index contributed by atoms with van der Waals surface area (Å²) in [6.07, 6.45) is 20.5. The molecule has 3 saturated carbocycles. The van der Waals surface area contributed by atoms with Crippen LogP contribution in [0.3, 0.4) is 0 Å². The Hall–Kier alpha value is -1.35. The van der Waals surface area contributed by atoms with E-state index in [1.54, 1.807) is 0 Å². The summed E-state index contributed by atoms with van der Waals surface area (Å²) in [5.74, 6) is 6.52. The molecule has 0 saturated heterocycles. The molecule has 3 aliphatic rings. The lowest BCUT2D eigenvalue weighted by atomic mass is 9.79. The van der Waals surface area contributed by atoms with Gasteiger partial charge in [0.1, 0.15) is 11.5 Å². The average molecular weight is 509 g/mol. The van der Waals surface area contributed by atoms with Crippen molar-refractivity contribution in [3.05, 3.63) is 30.3 Å². The van der Waals surface area contributed by atoms with Crippen LogP contribution in [-0.2, 0) is 0 Å². The van der Waals surface area contributed by atoms with Crippen LogP contribution >= 0.6 is 11.8 Å². The normalized spacial score (nSPS) is 24.1. The summed E-state index contributed by atoms with van der Waals surface area (Å²) in [5, 5.41) is 2.54. The SMILES string of the molecule is CCC1CCCCC1CSc1ccc(OCC2CCCCC2)c2cccc(OCC3CCCCC3)c12. The van der Waals surface area contributed by atoms with Crippen molar-refractivity contribution in [1.29, 1.82) is 0 Å². The smallest absolute Gasteiger partial charge is 0.128 e. The molecule has 0 radical (unpaired) electrons. The highest BCUT2D eigenvalue weighted by Crippen LogP contribution is 2.43. The van der Waals surface area contributed by atoms with Gasteiger partial charge in [0.05, 0.1) is 13.2 Å². The van der Waals surface area contributed by atoms with Crippen molar-refractivity contribution >= 4 is 22.5 Å². The van der Waals surface area contributed by atoms with Gasteiger partial charge in [-0.15, -0.1) is 11.8 Å². The van der Waals surface area contributed by atoms with E-state index in [2.05, 4.69) is 49.0 Å². The number of hydrogen-bond donors (Lipinski definition) is 0. The molecule has 0 bridgehead atoms. The predicted molar refractivity (Wildman–Crippen MR) is 155 cm³/mol. The fraction of sp³-hybridized carbons (Fsp3) is 0.697. The zero-order chi connectivity index (χ0) is 24.6. The van der Waals surface area contributed by atoms with E-state index in [-0.39, 0.29) is 0 Å². The highest BCUT2D eigenvalue weighted by Gasteiger charge is 2.25. The lowest BCUT2D eigenvalue weighted by Gasteiger charge is -2.30. The van der Waals surface area contributed by atoms with Gasteiger partial charge in [-0.3, -0.25) is 0 Å². The third-order valence-corrected chi connectivity index (χ3v) is 10.6. The number of benzene rings is 2. The maximum Gasteiger partial charge on any atom is 0.128 e. The topological polar surface area (TPSA) is 18.5 Å². The summed E-state index contributed by atoms with van der Waals surface area (Å²) in [4.78, 5) is 1.38. The minimum Gasteiger partial charge on any atom is -0.493 e. The fourth-order valence-electron chi connectivity index (χ4n) is 7.04. The first-order chi connectivity index (χ1) is 17.8. The number of ether oxygens (including phenoxy) is 2. The second kappa shape index (κ2) is 13.4. The van der Waals surface area contributed by atoms with Crippen LogP contribution < -0.4 is 9.47 Å². The van der Waals surface area contributed by atoms with E-state index in [9.17, 15) is 0 Å². The summed E-state index contributed by atoms with van der Waals surface area (Å²) in [5.41, 5.74) is 0. The molecule has 5 rings (SSSR count). The third kappa shape index (κ3) is 6.74. The Morgan fingerprint density at radius 2 is 1.28 bits per heavy atom. The van der Waals surface area contributed by atoms with Crippen LogP contribution in [0.4, 0.5) is 0 Å². The van der Waals surface area contributed by atoms with E-state index >= 15 is 0 Å². The van der Waals surface area contributed by atoms with E-state index in [1.807, 2.05) is 0 Å². The molecule has 0 aliphatic heterocycles. The minimum atomic E-state index is 0.711. The Bertz CT molecular complexity index is 944. The third-order valence-electron chi connectivity index (χ3n) is 9.37. The van der Waals surface area contributed by atoms with E-state index in [1.165, 1.54) is 118 Å². The van der Waals surface area contributed by atoms with Crippen LogP contribution in [0.25, 0.3) is 10.8 Å². The summed E-state index contributed by atoms with van der Waals surface area (Å²) in [6, 6.07) is 11.2. The molecule has 3 heteroatoms. The maximum atomic E-state index is 6.61. The molecule has 198 valence electrons. The molecule has 2 nitrogen and oxygen atoms in total. The van der Waals surface area contributed by atoms with Gasteiger partial charge < -0.3 is 9.47 Å². The van der Waals surface area contributed by atoms with Crippen LogP contribution in [0.1, 0.15) is 103 Å². The van der Waals surface area contributed by atoms with Crippen molar-refractivity contribution in [1.82, 2.24) is 0 Å². The predicted octanol–water partition coefficient (Wildman–Crippen LogP) is 10.1. The molecular formula is C33H48O2S. The Morgan fingerprint density at radius 3 is 1.94 bits per heavy atom. The van der Waals surface area contributed by atoms with Crippen molar-refractivity contribution < 1.29 is 9.47 Å². The largest absolute Gasteiger partial charge is 0.493 e. The number of hydrogen-bond acceptors (Lipinski definition) is 3. The van der Waals surface area contributed by atoms with Crippen LogP contribution in [0, 0.1) is 23.7 Å². The summed E-state index contributed by atoms with van der Waals surface area (Å²) in [6.45, 7) is 4.10.